The molecule has 7 nitrogen and oxygen atoms in total. The van der Waals surface area contributed by atoms with Gasteiger partial charge >= 0.3 is 6.03 Å². The Morgan fingerprint density at radius 3 is 2.20 bits per heavy atom. The van der Waals surface area contributed by atoms with Gasteiger partial charge in [-0.3, -0.25) is 0 Å². The smallest absolute Gasteiger partial charge is 0.315 e. The highest BCUT2D eigenvalue weighted by Gasteiger charge is 2.29. The monoisotopic (exact) mass is 222 g/mol. The molecule has 0 unspecified atom stereocenters. The Bertz CT molecular complexity index is 176. The first-order valence-electron chi connectivity index (χ1n) is 4.51. The highest BCUT2D eigenvalue weighted by Crippen LogP contribution is 2.00. The van der Waals surface area contributed by atoms with E-state index in [1.165, 1.54) is 7.11 Å². The average molecular weight is 222 g/mol. The van der Waals surface area contributed by atoms with E-state index in [-0.39, 0.29) is 0 Å². The van der Waals surface area contributed by atoms with E-state index in [0.717, 1.165) is 0 Å². The molecule has 0 aliphatic rings. The molecule has 0 spiro atoms. The van der Waals surface area contributed by atoms with Crippen LogP contribution in [0.1, 0.15) is 0 Å². The van der Waals surface area contributed by atoms with Gasteiger partial charge in [-0.05, 0) is 0 Å². The van der Waals surface area contributed by atoms with E-state index in [1.807, 2.05) is 0 Å². The van der Waals surface area contributed by atoms with E-state index in [2.05, 4.69) is 10.6 Å². The zero-order chi connectivity index (χ0) is 11.7. The number of carbonyl (C=O) groups excluding carboxylic acids is 1. The van der Waals surface area contributed by atoms with Gasteiger partial charge in [0.05, 0.1) is 26.4 Å². The molecule has 0 saturated heterocycles. The second-order valence-electron chi connectivity index (χ2n) is 3.13. The molecule has 0 heterocycles. The lowest BCUT2D eigenvalue weighted by Crippen LogP contribution is -2.59. The Morgan fingerprint density at radius 1 is 1.27 bits per heavy atom. The molecule has 0 atom stereocenters. The molecule has 0 saturated carbocycles. The van der Waals surface area contributed by atoms with Crippen LogP contribution in [0, 0.1) is 0 Å². The molecule has 0 aromatic heterocycles. The van der Waals surface area contributed by atoms with Gasteiger partial charge in [-0.25, -0.2) is 4.79 Å². The van der Waals surface area contributed by atoms with Crippen molar-refractivity contribution in [2.24, 2.45) is 0 Å². The first-order valence-corrected chi connectivity index (χ1v) is 4.51. The summed E-state index contributed by atoms with van der Waals surface area (Å²) in [7, 11) is 1.50. The summed E-state index contributed by atoms with van der Waals surface area (Å²) >= 11 is 0. The summed E-state index contributed by atoms with van der Waals surface area (Å²) in [5.41, 5.74) is -1.39. The average Bonchev–Trinajstić information content (AvgIpc) is 2.26. The predicted molar refractivity (Wildman–Crippen MR) is 52.4 cm³/mol. The summed E-state index contributed by atoms with van der Waals surface area (Å²) < 4.78 is 4.71. The van der Waals surface area contributed by atoms with Gasteiger partial charge in [-0.2, -0.15) is 0 Å². The summed E-state index contributed by atoms with van der Waals surface area (Å²) in [5.74, 6) is 0. The fourth-order valence-corrected chi connectivity index (χ4v) is 0.820. The summed E-state index contributed by atoms with van der Waals surface area (Å²) in [4.78, 5) is 11.2. The van der Waals surface area contributed by atoms with Crippen molar-refractivity contribution in [1.29, 1.82) is 0 Å². The van der Waals surface area contributed by atoms with E-state index in [4.69, 9.17) is 20.1 Å². The quantitative estimate of drug-likeness (QED) is 0.310. The topological polar surface area (TPSA) is 111 Å². The van der Waals surface area contributed by atoms with Crippen LogP contribution in [0.2, 0.25) is 0 Å². The predicted octanol–water partition coefficient (Wildman–Crippen LogP) is -2.35. The molecule has 0 aromatic rings. The van der Waals surface area contributed by atoms with Crippen LogP contribution >= 0.6 is 0 Å². The highest BCUT2D eigenvalue weighted by atomic mass is 16.5. The number of carbonyl (C=O) groups is 1. The van der Waals surface area contributed by atoms with E-state index < -0.39 is 31.4 Å². The van der Waals surface area contributed by atoms with Crippen LogP contribution in [0.4, 0.5) is 4.79 Å². The van der Waals surface area contributed by atoms with Crippen LogP contribution in [-0.2, 0) is 4.74 Å². The van der Waals surface area contributed by atoms with Crippen LogP contribution in [0.5, 0.6) is 0 Å². The van der Waals surface area contributed by atoms with Crippen molar-refractivity contribution < 1.29 is 24.9 Å². The molecule has 0 rings (SSSR count). The lowest BCUT2D eigenvalue weighted by molar-refractivity contribution is 0.0491. The van der Waals surface area contributed by atoms with Gasteiger partial charge in [-0.15, -0.1) is 0 Å². The lowest BCUT2D eigenvalue weighted by Gasteiger charge is -2.28. The minimum atomic E-state index is -1.39. The SMILES string of the molecule is COCCNC(=O)NC(CO)(CO)CO. The molecule has 0 aromatic carbocycles. The van der Waals surface area contributed by atoms with E-state index in [9.17, 15) is 4.79 Å². The van der Waals surface area contributed by atoms with Gasteiger partial charge in [0.25, 0.3) is 0 Å². The highest BCUT2D eigenvalue weighted by molar-refractivity contribution is 5.74. The second-order valence-corrected chi connectivity index (χ2v) is 3.13. The van der Waals surface area contributed by atoms with Crippen molar-refractivity contribution in [3.63, 3.8) is 0 Å². The van der Waals surface area contributed by atoms with Crippen molar-refractivity contribution in [2.45, 2.75) is 5.54 Å². The standard InChI is InChI=1S/C8H18N2O5/c1-15-3-2-9-7(14)10-8(4-11,5-12)6-13/h11-13H,2-6H2,1H3,(H2,9,10,14). The third-order valence-electron chi connectivity index (χ3n) is 1.88. The molecule has 0 aliphatic heterocycles. The van der Waals surface area contributed by atoms with E-state index in [1.54, 1.807) is 0 Å². The number of rotatable bonds is 7. The maximum atomic E-state index is 11.2. The fraction of sp³-hybridized carbons (Fsp3) is 0.875. The largest absolute Gasteiger partial charge is 0.394 e. The number of aliphatic hydroxyl groups excluding tert-OH is 3. The third kappa shape index (κ3) is 4.93. The fourth-order valence-electron chi connectivity index (χ4n) is 0.820. The number of urea groups is 1. The maximum Gasteiger partial charge on any atom is 0.315 e. The molecule has 0 radical (unpaired) electrons. The lowest BCUT2D eigenvalue weighted by atomic mass is 10.0. The first-order chi connectivity index (χ1) is 7.14. The van der Waals surface area contributed by atoms with Crippen LogP contribution in [-0.4, -0.2) is 67.0 Å². The third-order valence-corrected chi connectivity index (χ3v) is 1.88. The zero-order valence-electron chi connectivity index (χ0n) is 8.69. The number of hydrogen-bond donors (Lipinski definition) is 5. The van der Waals surface area contributed by atoms with Gasteiger partial charge in [-0.1, -0.05) is 0 Å². The van der Waals surface area contributed by atoms with Crippen LogP contribution in [0.15, 0.2) is 0 Å². The zero-order valence-corrected chi connectivity index (χ0v) is 8.69. The number of hydrogen-bond acceptors (Lipinski definition) is 5. The summed E-state index contributed by atoms with van der Waals surface area (Å²) in [6, 6.07) is -0.579. The molecule has 0 fully saturated rings. The van der Waals surface area contributed by atoms with Gasteiger partial charge in [0.15, 0.2) is 0 Å². The molecule has 5 N–H and O–H groups in total. The number of nitrogens with one attached hydrogen (secondary N) is 2. The number of methoxy groups -OCH3 is 1. The van der Waals surface area contributed by atoms with Crippen LogP contribution in [0.3, 0.4) is 0 Å². The summed E-state index contributed by atoms with van der Waals surface area (Å²) in [5, 5.41) is 31.4. The van der Waals surface area contributed by atoms with Gasteiger partial charge in [0.2, 0.25) is 0 Å². The Morgan fingerprint density at radius 2 is 1.80 bits per heavy atom. The van der Waals surface area contributed by atoms with Crippen molar-refractivity contribution in [3.05, 3.63) is 0 Å². The number of aliphatic hydroxyl groups is 3. The molecule has 7 heteroatoms. The maximum absolute atomic E-state index is 11.2. The van der Waals surface area contributed by atoms with E-state index >= 15 is 0 Å². The molecule has 0 aliphatic carbocycles. The van der Waals surface area contributed by atoms with Crippen molar-refractivity contribution in [2.75, 3.05) is 40.1 Å². The van der Waals surface area contributed by atoms with Crippen molar-refractivity contribution >= 4 is 6.03 Å². The molecule has 15 heavy (non-hydrogen) atoms. The first kappa shape index (κ1) is 14.1. The van der Waals surface area contributed by atoms with Gasteiger partial charge < -0.3 is 30.7 Å². The number of amides is 2. The Balaban J connectivity index is 4.00. The minimum Gasteiger partial charge on any atom is -0.394 e. The Kier molecular flexibility index (Phi) is 6.97. The van der Waals surface area contributed by atoms with Crippen LogP contribution < -0.4 is 10.6 Å². The molecule has 2 amide bonds. The molecule has 0 bridgehead atoms. The van der Waals surface area contributed by atoms with E-state index in [0.29, 0.717) is 13.2 Å². The second kappa shape index (κ2) is 7.41. The summed E-state index contributed by atoms with van der Waals surface area (Å²) in [6.07, 6.45) is 0. The van der Waals surface area contributed by atoms with Gasteiger partial charge in [0.1, 0.15) is 5.54 Å². The van der Waals surface area contributed by atoms with Crippen LogP contribution in [0.25, 0.3) is 0 Å². The molecule has 90 valence electrons. The molecular formula is C8H18N2O5. The van der Waals surface area contributed by atoms with Gasteiger partial charge in [0, 0.05) is 13.7 Å². The minimum absolute atomic E-state index is 0.306. The Hall–Kier alpha value is -0.890. The molecular weight excluding hydrogens is 204 g/mol. The number of ether oxygens (including phenoxy) is 1. The van der Waals surface area contributed by atoms with Crippen molar-refractivity contribution in [3.8, 4) is 0 Å². The summed E-state index contributed by atoms with van der Waals surface area (Å²) in [6.45, 7) is -0.967. The normalized spacial score (nSPS) is 11.2. The van der Waals surface area contributed by atoms with Crippen molar-refractivity contribution in [1.82, 2.24) is 10.6 Å². The Labute approximate surface area is 88.1 Å².